The van der Waals surface area contributed by atoms with Gasteiger partial charge >= 0.3 is 6.18 Å². The Bertz CT molecular complexity index is 1090. The molecule has 0 aliphatic carbocycles. The maximum absolute atomic E-state index is 13.2. The minimum absolute atomic E-state index is 0.124. The number of carbonyl (C=O) groups excluding carboxylic acids is 1. The number of carbonyl (C=O) groups is 1. The number of aromatic nitrogens is 2. The smallest absolute Gasteiger partial charge is 0.399 e. The Morgan fingerprint density at radius 3 is 2.60 bits per heavy atom. The van der Waals surface area contributed by atoms with E-state index < -0.39 is 17.6 Å². The van der Waals surface area contributed by atoms with Crippen LogP contribution in [0, 0.1) is 0 Å². The molecule has 3 rings (SSSR count). The van der Waals surface area contributed by atoms with Crippen molar-refractivity contribution in [3.63, 3.8) is 0 Å². The second-order valence-electron chi connectivity index (χ2n) is 6.19. The quantitative estimate of drug-likeness (QED) is 0.430. The molecule has 3 aromatic rings. The molecule has 0 atom stereocenters. The van der Waals surface area contributed by atoms with Gasteiger partial charge < -0.3 is 22.1 Å². The fourth-order valence-electron chi connectivity index (χ4n) is 2.68. The molecule has 7 nitrogen and oxygen atoms in total. The molecular formula is C19H16ClF3N6O. The van der Waals surface area contributed by atoms with Gasteiger partial charge in [-0.2, -0.15) is 18.2 Å². The fourth-order valence-corrected chi connectivity index (χ4v) is 2.84. The third kappa shape index (κ3) is 4.90. The van der Waals surface area contributed by atoms with Gasteiger partial charge in [0.1, 0.15) is 5.02 Å². The van der Waals surface area contributed by atoms with Crippen molar-refractivity contribution >= 4 is 40.6 Å². The molecule has 1 aromatic heterocycles. The van der Waals surface area contributed by atoms with Crippen molar-refractivity contribution in [2.45, 2.75) is 12.7 Å². The predicted octanol–water partition coefficient (Wildman–Crippen LogP) is 4.19. The van der Waals surface area contributed by atoms with Crippen LogP contribution in [0.4, 0.5) is 36.3 Å². The summed E-state index contributed by atoms with van der Waals surface area (Å²) in [7, 11) is 0. The first-order valence-corrected chi connectivity index (χ1v) is 8.91. The number of halogens is 4. The first-order chi connectivity index (χ1) is 14.1. The van der Waals surface area contributed by atoms with Crippen LogP contribution in [-0.4, -0.2) is 15.9 Å². The van der Waals surface area contributed by atoms with Crippen LogP contribution in [0.3, 0.4) is 0 Å². The molecule has 0 unspecified atom stereocenters. The molecule has 30 heavy (non-hydrogen) atoms. The topological polar surface area (TPSA) is 119 Å². The van der Waals surface area contributed by atoms with Gasteiger partial charge in [0.15, 0.2) is 5.82 Å². The van der Waals surface area contributed by atoms with E-state index >= 15 is 0 Å². The van der Waals surface area contributed by atoms with Crippen LogP contribution >= 0.6 is 11.6 Å². The Labute approximate surface area is 174 Å². The molecule has 0 spiro atoms. The van der Waals surface area contributed by atoms with E-state index in [4.69, 9.17) is 23.1 Å². The highest BCUT2D eigenvalue weighted by atomic mass is 35.5. The first-order valence-electron chi connectivity index (χ1n) is 8.53. The number of nitrogens with one attached hydrogen (secondary N) is 2. The number of nitrogen functional groups attached to an aromatic ring is 1. The molecule has 0 saturated heterocycles. The van der Waals surface area contributed by atoms with Crippen LogP contribution in [0.2, 0.25) is 5.02 Å². The lowest BCUT2D eigenvalue weighted by Crippen LogP contribution is -2.15. The number of primary amides is 1. The standard InChI is InChI=1S/C19H16ClF3N6O/c20-14-9-27-18(28-15-7-11(24)5-6-13(15)19(21,22)23)29-17(14)26-8-10-3-1-2-4-12(10)16(25)30/h1-7,9H,8,24H2,(H2,25,30)(H2,26,27,28,29). The van der Waals surface area contributed by atoms with E-state index in [2.05, 4.69) is 20.6 Å². The lowest BCUT2D eigenvalue weighted by Gasteiger charge is -2.15. The van der Waals surface area contributed by atoms with E-state index in [1.807, 2.05) is 0 Å². The van der Waals surface area contributed by atoms with Crippen molar-refractivity contribution in [2.75, 3.05) is 16.4 Å². The number of anilines is 4. The van der Waals surface area contributed by atoms with E-state index in [1.165, 1.54) is 6.20 Å². The molecule has 0 radical (unpaired) electrons. The molecule has 6 N–H and O–H groups in total. The van der Waals surface area contributed by atoms with E-state index in [1.54, 1.807) is 24.3 Å². The number of hydrogen-bond donors (Lipinski definition) is 4. The monoisotopic (exact) mass is 436 g/mol. The Balaban J connectivity index is 1.85. The van der Waals surface area contributed by atoms with Gasteiger partial charge in [-0.25, -0.2) is 4.98 Å². The average molecular weight is 437 g/mol. The van der Waals surface area contributed by atoms with Crippen molar-refractivity contribution in [3.05, 3.63) is 70.4 Å². The Kier molecular flexibility index (Phi) is 5.97. The molecule has 0 aliphatic heterocycles. The van der Waals surface area contributed by atoms with Crippen molar-refractivity contribution in [1.29, 1.82) is 0 Å². The van der Waals surface area contributed by atoms with Gasteiger partial charge in [0.2, 0.25) is 11.9 Å². The van der Waals surface area contributed by atoms with Crippen LogP contribution < -0.4 is 22.1 Å². The Morgan fingerprint density at radius 2 is 1.90 bits per heavy atom. The molecular weight excluding hydrogens is 421 g/mol. The first kappa shape index (κ1) is 21.2. The summed E-state index contributed by atoms with van der Waals surface area (Å²) >= 11 is 6.09. The molecule has 0 bridgehead atoms. The van der Waals surface area contributed by atoms with Crippen LogP contribution in [0.25, 0.3) is 0 Å². The predicted molar refractivity (Wildman–Crippen MR) is 108 cm³/mol. The second-order valence-corrected chi connectivity index (χ2v) is 6.60. The molecule has 2 aromatic carbocycles. The Morgan fingerprint density at radius 1 is 1.17 bits per heavy atom. The van der Waals surface area contributed by atoms with Gasteiger partial charge in [0.25, 0.3) is 0 Å². The highest BCUT2D eigenvalue weighted by Gasteiger charge is 2.33. The molecule has 11 heteroatoms. The maximum Gasteiger partial charge on any atom is 0.418 e. The zero-order valence-electron chi connectivity index (χ0n) is 15.3. The molecule has 0 fully saturated rings. The lowest BCUT2D eigenvalue weighted by atomic mass is 10.1. The normalized spacial score (nSPS) is 11.2. The number of benzene rings is 2. The molecule has 156 valence electrons. The van der Waals surface area contributed by atoms with Gasteiger partial charge in [-0.05, 0) is 29.8 Å². The molecule has 1 heterocycles. The van der Waals surface area contributed by atoms with Gasteiger partial charge in [-0.1, -0.05) is 29.8 Å². The summed E-state index contributed by atoms with van der Waals surface area (Å²) in [5.74, 6) is -0.558. The SMILES string of the molecule is NC(=O)c1ccccc1CNc1nc(Nc2cc(N)ccc2C(F)(F)F)ncc1Cl. The molecule has 1 amide bonds. The van der Waals surface area contributed by atoms with Crippen LogP contribution in [-0.2, 0) is 12.7 Å². The zero-order chi connectivity index (χ0) is 21.9. The van der Waals surface area contributed by atoms with E-state index in [0.717, 1.165) is 18.2 Å². The summed E-state index contributed by atoms with van der Waals surface area (Å²) in [6.07, 6.45) is -3.36. The number of alkyl halides is 3. The maximum atomic E-state index is 13.2. The van der Waals surface area contributed by atoms with Crippen LogP contribution in [0.15, 0.2) is 48.7 Å². The summed E-state index contributed by atoms with van der Waals surface area (Å²) in [5.41, 5.74) is 10.8. The number of rotatable bonds is 6. The summed E-state index contributed by atoms with van der Waals surface area (Å²) in [5, 5.41) is 5.59. The summed E-state index contributed by atoms with van der Waals surface area (Å²) in [4.78, 5) is 19.6. The number of nitrogens with two attached hydrogens (primary N) is 2. The van der Waals surface area contributed by atoms with Gasteiger partial charge in [-0.15, -0.1) is 0 Å². The van der Waals surface area contributed by atoms with Crippen molar-refractivity contribution in [1.82, 2.24) is 9.97 Å². The van der Waals surface area contributed by atoms with Gasteiger partial charge in [-0.3, -0.25) is 4.79 Å². The lowest BCUT2D eigenvalue weighted by molar-refractivity contribution is -0.136. The van der Waals surface area contributed by atoms with E-state index in [0.29, 0.717) is 11.1 Å². The summed E-state index contributed by atoms with van der Waals surface area (Å²) < 4.78 is 39.7. The van der Waals surface area contributed by atoms with Crippen molar-refractivity contribution in [3.8, 4) is 0 Å². The highest BCUT2D eigenvalue weighted by molar-refractivity contribution is 6.32. The van der Waals surface area contributed by atoms with Crippen LogP contribution in [0.5, 0.6) is 0 Å². The minimum atomic E-state index is -4.60. The second kappa shape index (κ2) is 8.46. The highest BCUT2D eigenvalue weighted by Crippen LogP contribution is 2.37. The summed E-state index contributed by atoms with van der Waals surface area (Å²) in [6.45, 7) is 0.154. The molecule has 0 saturated carbocycles. The van der Waals surface area contributed by atoms with Crippen molar-refractivity contribution in [2.24, 2.45) is 5.73 Å². The van der Waals surface area contributed by atoms with Crippen molar-refractivity contribution < 1.29 is 18.0 Å². The van der Waals surface area contributed by atoms with E-state index in [9.17, 15) is 18.0 Å². The van der Waals surface area contributed by atoms with Gasteiger partial charge in [0.05, 0.1) is 17.4 Å². The summed E-state index contributed by atoms with van der Waals surface area (Å²) in [6, 6.07) is 9.84. The zero-order valence-corrected chi connectivity index (χ0v) is 16.1. The molecule has 0 aliphatic rings. The third-order valence-corrected chi connectivity index (χ3v) is 4.35. The average Bonchev–Trinajstić information content (AvgIpc) is 2.67. The number of hydrogen-bond acceptors (Lipinski definition) is 6. The minimum Gasteiger partial charge on any atom is -0.399 e. The largest absolute Gasteiger partial charge is 0.418 e. The van der Waals surface area contributed by atoms with Gasteiger partial charge in [0, 0.05) is 17.8 Å². The van der Waals surface area contributed by atoms with E-state index in [-0.39, 0.29) is 34.7 Å². The third-order valence-electron chi connectivity index (χ3n) is 4.07. The Hall–Kier alpha value is -3.53. The number of nitrogens with zero attached hydrogens (tertiary/aromatic N) is 2. The van der Waals surface area contributed by atoms with Crippen LogP contribution in [0.1, 0.15) is 21.5 Å². The number of amides is 1. The fraction of sp³-hybridized carbons (Fsp3) is 0.105.